The van der Waals surface area contributed by atoms with Gasteiger partial charge in [-0.1, -0.05) is 12.1 Å². The first-order chi connectivity index (χ1) is 9.35. The van der Waals surface area contributed by atoms with E-state index in [4.69, 9.17) is 0 Å². The average molecular weight is 293 g/mol. The lowest BCUT2D eigenvalue weighted by molar-refractivity contribution is 0.102. The highest BCUT2D eigenvalue weighted by Crippen LogP contribution is 2.12. The number of nitrogens with zero attached hydrogens (tertiary/aromatic N) is 1. The molecule has 106 valence electrons. The van der Waals surface area contributed by atoms with Crippen LogP contribution in [0.1, 0.15) is 21.5 Å². The van der Waals surface area contributed by atoms with E-state index in [-0.39, 0.29) is 11.7 Å². The first-order valence-electron chi connectivity index (χ1n) is 5.93. The number of aryl methyl sites for hydroxylation is 1. The van der Waals surface area contributed by atoms with Crippen LogP contribution < -0.4 is 5.32 Å². The van der Waals surface area contributed by atoms with Crippen LogP contribution in [-0.2, 0) is 15.6 Å². The van der Waals surface area contributed by atoms with Crippen molar-refractivity contribution in [2.45, 2.75) is 12.7 Å². The van der Waals surface area contributed by atoms with Crippen LogP contribution >= 0.6 is 0 Å². The number of sulfone groups is 1. The van der Waals surface area contributed by atoms with Crippen molar-refractivity contribution in [1.29, 1.82) is 0 Å². The summed E-state index contributed by atoms with van der Waals surface area (Å²) in [7, 11) is -3.07. The van der Waals surface area contributed by atoms with E-state index in [1.807, 2.05) is 6.92 Å². The predicted molar refractivity (Wildman–Crippen MR) is 76.3 cm³/mol. The Morgan fingerprint density at radius 2 is 1.95 bits per heavy atom. The van der Waals surface area contributed by atoms with E-state index in [9.17, 15) is 13.2 Å². The van der Waals surface area contributed by atoms with Crippen LogP contribution in [0.4, 0.5) is 5.82 Å². The number of rotatable bonds is 4. The van der Waals surface area contributed by atoms with Gasteiger partial charge in [0, 0.05) is 17.4 Å². The number of hydrogen-bond acceptors (Lipinski definition) is 4. The minimum absolute atomic E-state index is 0.0332. The molecule has 6 nitrogen and oxygen atoms in total. The Morgan fingerprint density at radius 1 is 1.30 bits per heavy atom. The van der Waals surface area contributed by atoms with Crippen LogP contribution in [0.15, 0.2) is 30.5 Å². The van der Waals surface area contributed by atoms with E-state index >= 15 is 0 Å². The van der Waals surface area contributed by atoms with E-state index in [1.165, 1.54) is 6.26 Å². The molecule has 0 saturated heterocycles. The fraction of sp³-hybridized carbons (Fsp3) is 0.231. The third-order valence-corrected chi connectivity index (χ3v) is 3.57. The van der Waals surface area contributed by atoms with Crippen LogP contribution in [0.3, 0.4) is 0 Å². The quantitative estimate of drug-likeness (QED) is 0.894. The van der Waals surface area contributed by atoms with Gasteiger partial charge < -0.3 is 5.32 Å². The minimum Gasteiger partial charge on any atom is -0.307 e. The fourth-order valence-electron chi connectivity index (χ4n) is 1.71. The molecule has 0 atom stereocenters. The molecule has 20 heavy (non-hydrogen) atoms. The Bertz CT molecular complexity index is 718. The summed E-state index contributed by atoms with van der Waals surface area (Å²) in [4.78, 5) is 12.0. The Balaban J connectivity index is 2.10. The number of hydrogen-bond donors (Lipinski definition) is 2. The molecule has 0 unspecified atom stereocenters. The second-order valence-corrected chi connectivity index (χ2v) is 6.79. The zero-order chi connectivity index (χ0) is 14.8. The molecule has 2 rings (SSSR count). The molecule has 0 bridgehead atoms. The summed E-state index contributed by atoms with van der Waals surface area (Å²) in [5.41, 5.74) is 1.95. The maximum absolute atomic E-state index is 12.0. The summed E-state index contributed by atoms with van der Waals surface area (Å²) >= 11 is 0. The zero-order valence-electron chi connectivity index (χ0n) is 11.2. The molecule has 1 heterocycles. The smallest absolute Gasteiger partial charge is 0.256 e. The molecule has 2 N–H and O–H groups in total. The number of carbonyl (C=O) groups excluding carboxylic acids is 1. The van der Waals surface area contributed by atoms with Crippen molar-refractivity contribution < 1.29 is 13.2 Å². The van der Waals surface area contributed by atoms with Gasteiger partial charge in [0.1, 0.15) is 5.82 Å². The second kappa shape index (κ2) is 5.46. The number of H-pyrrole nitrogens is 1. The highest BCUT2D eigenvalue weighted by atomic mass is 32.2. The second-order valence-electron chi connectivity index (χ2n) is 4.65. The van der Waals surface area contributed by atoms with Gasteiger partial charge in [-0.15, -0.1) is 0 Å². The number of aromatic amines is 1. The molecular weight excluding hydrogens is 278 g/mol. The van der Waals surface area contributed by atoms with Gasteiger partial charge >= 0.3 is 0 Å². The van der Waals surface area contributed by atoms with E-state index in [2.05, 4.69) is 15.5 Å². The van der Waals surface area contributed by atoms with Crippen LogP contribution in [0.25, 0.3) is 0 Å². The van der Waals surface area contributed by atoms with E-state index in [0.29, 0.717) is 16.9 Å². The molecule has 0 spiro atoms. The van der Waals surface area contributed by atoms with E-state index in [1.54, 1.807) is 30.5 Å². The molecular formula is C13H15N3O3S. The predicted octanol–water partition coefficient (Wildman–Crippen LogP) is 1.52. The third-order valence-electron chi connectivity index (χ3n) is 2.71. The van der Waals surface area contributed by atoms with Crippen molar-refractivity contribution in [2.75, 3.05) is 11.6 Å². The number of carbonyl (C=O) groups is 1. The lowest BCUT2D eigenvalue weighted by Crippen LogP contribution is -2.13. The topological polar surface area (TPSA) is 91.9 Å². The third kappa shape index (κ3) is 3.67. The van der Waals surface area contributed by atoms with Gasteiger partial charge in [0.2, 0.25) is 0 Å². The molecule has 7 heteroatoms. The van der Waals surface area contributed by atoms with E-state index in [0.717, 1.165) is 5.56 Å². The van der Waals surface area contributed by atoms with Gasteiger partial charge in [-0.2, -0.15) is 5.10 Å². The van der Waals surface area contributed by atoms with Crippen molar-refractivity contribution in [1.82, 2.24) is 10.2 Å². The molecule has 0 radical (unpaired) electrons. The first-order valence-corrected chi connectivity index (χ1v) is 7.99. The highest BCUT2D eigenvalue weighted by Gasteiger charge is 2.10. The van der Waals surface area contributed by atoms with Gasteiger partial charge in [-0.25, -0.2) is 8.42 Å². The minimum atomic E-state index is -3.07. The van der Waals surface area contributed by atoms with Crippen LogP contribution in [-0.4, -0.2) is 30.8 Å². The molecule has 1 amide bonds. The maximum atomic E-state index is 12.0. The molecule has 0 aliphatic carbocycles. The zero-order valence-corrected chi connectivity index (χ0v) is 12.0. The summed E-state index contributed by atoms with van der Waals surface area (Å²) in [6, 6.07) is 6.47. The van der Waals surface area contributed by atoms with Crippen LogP contribution in [0.2, 0.25) is 0 Å². The summed E-state index contributed by atoms with van der Waals surface area (Å²) in [6.45, 7) is 1.83. The Kier molecular flexibility index (Phi) is 3.89. The average Bonchev–Trinajstić information content (AvgIpc) is 2.74. The van der Waals surface area contributed by atoms with Crippen LogP contribution in [0.5, 0.6) is 0 Å². The first kappa shape index (κ1) is 14.3. The Morgan fingerprint density at radius 3 is 2.45 bits per heavy atom. The van der Waals surface area contributed by atoms with Crippen molar-refractivity contribution in [3.8, 4) is 0 Å². The van der Waals surface area contributed by atoms with Crippen molar-refractivity contribution in [3.05, 3.63) is 47.2 Å². The van der Waals surface area contributed by atoms with Crippen LogP contribution in [0, 0.1) is 6.92 Å². The number of benzene rings is 1. The molecule has 0 saturated carbocycles. The number of nitrogens with one attached hydrogen (secondary N) is 2. The fourth-order valence-corrected chi connectivity index (χ4v) is 2.51. The molecule has 0 aliphatic heterocycles. The van der Waals surface area contributed by atoms with Gasteiger partial charge in [0.15, 0.2) is 9.84 Å². The Labute approximate surface area is 117 Å². The molecule has 1 aromatic heterocycles. The molecule has 0 fully saturated rings. The summed E-state index contributed by atoms with van der Waals surface area (Å²) in [5.74, 6) is 0.243. The number of aromatic nitrogens is 2. The van der Waals surface area contributed by atoms with Gasteiger partial charge in [0.25, 0.3) is 5.91 Å². The monoisotopic (exact) mass is 293 g/mol. The standard InChI is InChI=1S/C13H15N3O3S/c1-9-7-14-16-12(9)15-13(17)11-5-3-10(4-6-11)8-20(2,18)19/h3-7H,8H2,1-2H3,(H2,14,15,16,17). The Hall–Kier alpha value is -2.15. The van der Waals surface area contributed by atoms with Gasteiger partial charge in [-0.3, -0.25) is 9.89 Å². The number of amides is 1. The SMILES string of the molecule is Cc1cn[nH]c1NC(=O)c1ccc(CS(C)(=O)=O)cc1. The normalized spacial score (nSPS) is 11.3. The largest absolute Gasteiger partial charge is 0.307 e. The van der Waals surface area contributed by atoms with Crippen molar-refractivity contribution >= 4 is 21.6 Å². The summed E-state index contributed by atoms with van der Waals surface area (Å²) < 4.78 is 22.4. The molecule has 0 aliphatic rings. The van der Waals surface area contributed by atoms with Crippen molar-refractivity contribution in [3.63, 3.8) is 0 Å². The number of anilines is 1. The summed E-state index contributed by atoms with van der Waals surface area (Å²) in [5, 5.41) is 9.20. The van der Waals surface area contributed by atoms with E-state index < -0.39 is 9.84 Å². The van der Waals surface area contributed by atoms with Gasteiger partial charge in [0.05, 0.1) is 11.9 Å². The molecule has 2 aromatic rings. The lowest BCUT2D eigenvalue weighted by Gasteiger charge is -2.05. The molecule has 1 aromatic carbocycles. The lowest BCUT2D eigenvalue weighted by atomic mass is 10.1. The maximum Gasteiger partial charge on any atom is 0.256 e. The van der Waals surface area contributed by atoms with Gasteiger partial charge in [-0.05, 0) is 24.6 Å². The highest BCUT2D eigenvalue weighted by molar-refractivity contribution is 7.89. The summed E-state index contributed by atoms with van der Waals surface area (Å²) in [6.07, 6.45) is 2.79. The van der Waals surface area contributed by atoms with Crippen molar-refractivity contribution in [2.24, 2.45) is 0 Å².